The molecule has 2 rings (SSSR count). The Bertz CT molecular complexity index is 812. The number of anilines is 2. The van der Waals surface area contributed by atoms with E-state index in [0.717, 1.165) is 18.2 Å². The molecule has 0 atom stereocenters. The largest absolute Gasteiger partial charge is 0.399 e. The van der Waals surface area contributed by atoms with E-state index in [9.17, 15) is 21.6 Å². The molecule has 0 spiro atoms. The predicted molar refractivity (Wildman–Crippen MR) is 73.0 cm³/mol. The lowest BCUT2D eigenvalue weighted by molar-refractivity contribution is 0.486. The third kappa shape index (κ3) is 3.22. The summed E-state index contributed by atoms with van der Waals surface area (Å²) in [5.74, 6) is -3.99. The van der Waals surface area contributed by atoms with E-state index in [1.807, 2.05) is 0 Å². The van der Waals surface area contributed by atoms with Crippen molar-refractivity contribution in [3.63, 3.8) is 0 Å². The van der Waals surface area contributed by atoms with Gasteiger partial charge in [0.2, 0.25) is 0 Å². The van der Waals surface area contributed by atoms with Crippen molar-refractivity contribution >= 4 is 33.0 Å². The van der Waals surface area contributed by atoms with E-state index in [1.165, 1.54) is 6.07 Å². The molecule has 4 nitrogen and oxygen atoms in total. The van der Waals surface area contributed by atoms with Gasteiger partial charge in [-0.15, -0.1) is 0 Å². The van der Waals surface area contributed by atoms with E-state index in [1.54, 1.807) is 4.72 Å². The average molecular weight is 337 g/mol. The monoisotopic (exact) mass is 336 g/mol. The molecule has 0 amide bonds. The number of hydrogen-bond donors (Lipinski definition) is 2. The van der Waals surface area contributed by atoms with Crippen LogP contribution in [0.2, 0.25) is 5.02 Å². The van der Waals surface area contributed by atoms with Crippen LogP contribution in [0.15, 0.2) is 35.2 Å². The highest BCUT2D eigenvalue weighted by atomic mass is 35.5. The second-order valence-corrected chi connectivity index (χ2v) is 6.13. The molecule has 0 saturated heterocycles. The van der Waals surface area contributed by atoms with Crippen molar-refractivity contribution in [3.05, 3.63) is 52.8 Å². The van der Waals surface area contributed by atoms with Gasteiger partial charge in [-0.2, -0.15) is 0 Å². The topological polar surface area (TPSA) is 72.2 Å². The fraction of sp³-hybridized carbons (Fsp3) is 0. The zero-order chi connectivity index (χ0) is 15.8. The Kier molecular flexibility index (Phi) is 4.02. The van der Waals surface area contributed by atoms with E-state index in [2.05, 4.69) is 0 Å². The lowest BCUT2D eigenvalue weighted by Crippen LogP contribution is -2.16. The molecule has 21 heavy (non-hydrogen) atoms. The molecule has 0 radical (unpaired) electrons. The van der Waals surface area contributed by atoms with E-state index in [0.29, 0.717) is 6.07 Å². The smallest absolute Gasteiger partial charge is 0.265 e. The predicted octanol–water partition coefficient (Wildman–Crippen LogP) is 3.14. The normalized spacial score (nSPS) is 11.4. The Morgan fingerprint density at radius 1 is 1.05 bits per heavy atom. The van der Waals surface area contributed by atoms with Crippen molar-refractivity contribution in [2.24, 2.45) is 0 Å². The summed E-state index contributed by atoms with van der Waals surface area (Å²) in [5.41, 5.74) is 4.53. The summed E-state index contributed by atoms with van der Waals surface area (Å²) in [4.78, 5) is -1.02. The van der Waals surface area contributed by atoms with Crippen LogP contribution >= 0.6 is 11.6 Å². The fourth-order valence-corrected chi connectivity index (χ4v) is 2.90. The van der Waals surface area contributed by atoms with Gasteiger partial charge in [0.1, 0.15) is 10.7 Å². The summed E-state index contributed by atoms with van der Waals surface area (Å²) in [5, 5.41) is 0.0524. The molecule has 0 aliphatic carbocycles. The van der Waals surface area contributed by atoms with Crippen molar-refractivity contribution in [2.45, 2.75) is 4.90 Å². The Balaban J connectivity index is 2.48. The zero-order valence-corrected chi connectivity index (χ0v) is 11.8. The molecule has 9 heteroatoms. The molecule has 2 aromatic rings. The summed E-state index contributed by atoms with van der Waals surface area (Å²) in [6.45, 7) is 0. The molecule has 3 N–H and O–H groups in total. The molecular weight excluding hydrogens is 329 g/mol. The molecule has 0 bridgehead atoms. The van der Waals surface area contributed by atoms with Crippen molar-refractivity contribution in [2.75, 3.05) is 10.5 Å². The summed E-state index contributed by atoms with van der Waals surface area (Å²) in [6, 6.07) is 4.52. The van der Waals surface area contributed by atoms with Gasteiger partial charge in [-0.1, -0.05) is 11.6 Å². The maximum absolute atomic E-state index is 13.6. The van der Waals surface area contributed by atoms with Gasteiger partial charge >= 0.3 is 0 Å². The third-order valence-electron chi connectivity index (χ3n) is 2.48. The second-order valence-electron chi connectivity index (χ2n) is 4.04. The molecule has 0 aromatic heterocycles. The van der Waals surface area contributed by atoms with Gasteiger partial charge in [0.15, 0.2) is 11.6 Å². The van der Waals surface area contributed by atoms with E-state index >= 15 is 0 Å². The number of nitrogens with two attached hydrogens (primary N) is 1. The molecular formula is C12H8ClF3N2O2S. The van der Waals surface area contributed by atoms with Gasteiger partial charge in [0.25, 0.3) is 10.0 Å². The molecule has 0 aliphatic rings. The lowest BCUT2D eigenvalue weighted by atomic mass is 10.3. The minimum absolute atomic E-state index is 0.0524. The minimum atomic E-state index is -4.55. The standard InChI is InChI=1S/C12H8ClF3N2O2S/c13-6-1-2-10(8(14)3-6)18-21(19,20)11-5-7(17)4-9(15)12(11)16/h1-5,18H,17H2. The summed E-state index contributed by atoms with van der Waals surface area (Å²) >= 11 is 5.53. The Morgan fingerprint density at radius 2 is 1.71 bits per heavy atom. The van der Waals surface area contributed by atoms with Crippen molar-refractivity contribution < 1.29 is 21.6 Å². The number of halogens is 4. The quantitative estimate of drug-likeness (QED) is 0.846. The van der Waals surface area contributed by atoms with Crippen LogP contribution in [0, 0.1) is 17.5 Å². The highest BCUT2D eigenvalue weighted by Gasteiger charge is 2.24. The number of sulfonamides is 1. The number of nitrogens with one attached hydrogen (secondary N) is 1. The van der Waals surface area contributed by atoms with E-state index in [4.69, 9.17) is 17.3 Å². The number of benzene rings is 2. The third-order valence-corrected chi connectivity index (χ3v) is 4.08. The first kappa shape index (κ1) is 15.5. The second kappa shape index (κ2) is 5.45. The maximum Gasteiger partial charge on any atom is 0.265 e. The van der Waals surface area contributed by atoms with E-state index in [-0.39, 0.29) is 10.7 Å². The summed E-state index contributed by atoms with van der Waals surface area (Å²) in [6.07, 6.45) is 0. The SMILES string of the molecule is Nc1cc(F)c(F)c(S(=O)(=O)Nc2ccc(Cl)cc2F)c1. The van der Waals surface area contributed by atoms with Crippen molar-refractivity contribution in [3.8, 4) is 0 Å². The van der Waals surface area contributed by atoms with Crippen LogP contribution in [0.1, 0.15) is 0 Å². The lowest BCUT2D eigenvalue weighted by Gasteiger charge is -2.11. The van der Waals surface area contributed by atoms with Crippen molar-refractivity contribution in [1.82, 2.24) is 0 Å². The Hall–Kier alpha value is -1.93. The molecule has 0 fully saturated rings. The van der Waals surface area contributed by atoms with Crippen LogP contribution in [0.25, 0.3) is 0 Å². The van der Waals surface area contributed by atoms with Gasteiger partial charge < -0.3 is 5.73 Å². The fourth-order valence-electron chi connectivity index (χ4n) is 1.55. The Labute approximate surface area is 123 Å². The first-order valence-electron chi connectivity index (χ1n) is 5.43. The highest BCUT2D eigenvalue weighted by molar-refractivity contribution is 7.92. The number of rotatable bonds is 3. The number of hydrogen-bond acceptors (Lipinski definition) is 3. The van der Waals surface area contributed by atoms with Crippen LogP contribution < -0.4 is 10.5 Å². The van der Waals surface area contributed by atoms with Gasteiger partial charge in [-0.3, -0.25) is 4.72 Å². The first-order valence-corrected chi connectivity index (χ1v) is 7.29. The van der Waals surface area contributed by atoms with Gasteiger partial charge in [0, 0.05) is 10.7 Å². The summed E-state index contributed by atoms with van der Waals surface area (Å²) in [7, 11) is -4.55. The minimum Gasteiger partial charge on any atom is -0.399 e. The van der Waals surface area contributed by atoms with Crippen LogP contribution in [-0.2, 0) is 10.0 Å². The average Bonchev–Trinajstić information content (AvgIpc) is 2.37. The Morgan fingerprint density at radius 3 is 2.33 bits per heavy atom. The number of nitrogen functional groups attached to an aromatic ring is 1. The first-order chi connectivity index (χ1) is 9.70. The van der Waals surface area contributed by atoms with Gasteiger partial charge in [-0.25, -0.2) is 21.6 Å². The van der Waals surface area contributed by atoms with Crippen LogP contribution in [-0.4, -0.2) is 8.42 Å². The molecule has 0 saturated carbocycles. The van der Waals surface area contributed by atoms with Crippen LogP contribution in [0.3, 0.4) is 0 Å². The molecule has 0 aliphatic heterocycles. The molecule has 2 aromatic carbocycles. The van der Waals surface area contributed by atoms with Crippen LogP contribution in [0.4, 0.5) is 24.5 Å². The molecule has 112 valence electrons. The van der Waals surface area contributed by atoms with E-state index < -0.39 is 38.1 Å². The van der Waals surface area contributed by atoms with Gasteiger partial charge in [-0.05, 0) is 30.3 Å². The zero-order valence-electron chi connectivity index (χ0n) is 10.2. The van der Waals surface area contributed by atoms with Crippen LogP contribution in [0.5, 0.6) is 0 Å². The molecule has 0 unspecified atom stereocenters. The highest BCUT2D eigenvalue weighted by Crippen LogP contribution is 2.25. The maximum atomic E-state index is 13.6. The van der Waals surface area contributed by atoms with Gasteiger partial charge in [0.05, 0.1) is 5.69 Å². The van der Waals surface area contributed by atoms with Crippen molar-refractivity contribution in [1.29, 1.82) is 0 Å². The summed E-state index contributed by atoms with van der Waals surface area (Å²) < 4.78 is 66.1. The molecule has 0 heterocycles.